The zero-order valence-electron chi connectivity index (χ0n) is 12.2. The number of carbonyl (C=O) groups excluding carboxylic acids is 1. The Bertz CT molecular complexity index is 376. The van der Waals surface area contributed by atoms with Gasteiger partial charge in [-0.25, -0.2) is 4.79 Å². The van der Waals surface area contributed by atoms with Crippen LogP contribution in [0.15, 0.2) is 0 Å². The fraction of sp³-hybridized carbons (Fsp3) is 0.833. The number of hydroxylamine groups is 2. The maximum absolute atomic E-state index is 12.0. The van der Waals surface area contributed by atoms with Gasteiger partial charge in [0.05, 0.1) is 5.54 Å². The molecular formula is C12H23N3O2S2. The van der Waals surface area contributed by atoms with Gasteiger partial charge in [-0.2, -0.15) is 5.06 Å². The van der Waals surface area contributed by atoms with Gasteiger partial charge in [-0.1, -0.05) is 37.3 Å². The van der Waals surface area contributed by atoms with E-state index in [1.807, 2.05) is 39.6 Å². The fourth-order valence-corrected chi connectivity index (χ4v) is 3.82. The average molecular weight is 305 g/mol. The molecule has 0 spiro atoms. The van der Waals surface area contributed by atoms with Crippen LogP contribution in [0.25, 0.3) is 0 Å². The highest BCUT2D eigenvalue weighted by atomic mass is 32.2. The summed E-state index contributed by atoms with van der Waals surface area (Å²) in [5.41, 5.74) is -0.453. The Morgan fingerprint density at radius 3 is 2.53 bits per heavy atom. The summed E-state index contributed by atoms with van der Waals surface area (Å²) < 4.78 is 0.674. The first-order valence-corrected chi connectivity index (χ1v) is 7.64. The highest BCUT2D eigenvalue weighted by Crippen LogP contribution is 2.49. The average Bonchev–Trinajstić information content (AvgIpc) is 2.50. The molecule has 0 bridgehead atoms. The summed E-state index contributed by atoms with van der Waals surface area (Å²) in [6.07, 6.45) is 1.89. The van der Waals surface area contributed by atoms with Crippen LogP contribution in [-0.2, 0) is 0 Å². The van der Waals surface area contributed by atoms with Crippen LogP contribution in [0.5, 0.6) is 0 Å². The molecule has 1 atom stereocenters. The van der Waals surface area contributed by atoms with Gasteiger partial charge in [0.25, 0.3) is 0 Å². The molecule has 2 amide bonds. The highest BCUT2D eigenvalue weighted by molar-refractivity contribution is 8.24. The standard InChI is InChI=1S/C12H23N3O2S2/c1-6-7-8-13-9(16)15(17)12(4)11(2,3)14(5)10(18)19-12/h17H,6-8H2,1-5H3,(H,13,16). The van der Waals surface area contributed by atoms with Gasteiger partial charge in [0.2, 0.25) is 0 Å². The van der Waals surface area contributed by atoms with Crippen LogP contribution in [0, 0.1) is 0 Å². The topological polar surface area (TPSA) is 55.8 Å². The third-order valence-electron chi connectivity index (χ3n) is 3.94. The Kier molecular flexibility index (Phi) is 5.08. The van der Waals surface area contributed by atoms with Crippen molar-refractivity contribution < 1.29 is 10.0 Å². The number of unbranched alkanes of at least 4 members (excludes halogenated alkanes) is 1. The van der Waals surface area contributed by atoms with Crippen LogP contribution in [0.1, 0.15) is 40.5 Å². The number of thioether (sulfide) groups is 1. The molecule has 1 fully saturated rings. The van der Waals surface area contributed by atoms with Crippen LogP contribution in [-0.4, -0.2) is 49.5 Å². The molecule has 2 N–H and O–H groups in total. The van der Waals surface area contributed by atoms with E-state index in [9.17, 15) is 10.0 Å². The molecule has 19 heavy (non-hydrogen) atoms. The molecule has 110 valence electrons. The number of nitrogens with one attached hydrogen (secondary N) is 1. The minimum absolute atomic E-state index is 0.453. The number of nitrogens with zero attached hydrogens (tertiary/aromatic N) is 2. The molecule has 0 aliphatic carbocycles. The minimum atomic E-state index is -0.810. The number of thiocarbonyl (C=S) groups is 1. The number of carbonyl (C=O) groups is 1. The van der Waals surface area contributed by atoms with Crippen molar-refractivity contribution in [1.29, 1.82) is 0 Å². The fourth-order valence-electron chi connectivity index (χ4n) is 1.85. The predicted molar refractivity (Wildman–Crippen MR) is 82.4 cm³/mol. The zero-order valence-corrected chi connectivity index (χ0v) is 13.8. The minimum Gasteiger partial charge on any atom is -0.352 e. The SMILES string of the molecule is CCCCNC(=O)N(O)C1(C)SC(=S)N(C)C1(C)C. The third-order valence-corrected chi connectivity index (χ3v) is 5.98. The smallest absolute Gasteiger partial charge is 0.342 e. The van der Waals surface area contributed by atoms with Crippen molar-refractivity contribution in [3.05, 3.63) is 0 Å². The molecular weight excluding hydrogens is 282 g/mol. The van der Waals surface area contributed by atoms with Crippen molar-refractivity contribution in [1.82, 2.24) is 15.3 Å². The summed E-state index contributed by atoms with van der Waals surface area (Å²) in [6.45, 7) is 8.36. The van der Waals surface area contributed by atoms with Crippen LogP contribution < -0.4 is 5.32 Å². The number of hydrogen-bond donors (Lipinski definition) is 2. The molecule has 1 aliphatic rings. The lowest BCUT2D eigenvalue weighted by atomic mass is 9.94. The van der Waals surface area contributed by atoms with E-state index in [2.05, 4.69) is 5.32 Å². The summed E-state index contributed by atoms with van der Waals surface area (Å²) in [5.74, 6) is 0. The summed E-state index contributed by atoms with van der Waals surface area (Å²) >= 11 is 6.60. The molecule has 5 nitrogen and oxygen atoms in total. The molecule has 1 saturated heterocycles. The van der Waals surface area contributed by atoms with Gasteiger partial charge in [-0.05, 0) is 27.2 Å². The lowest BCUT2D eigenvalue weighted by molar-refractivity contribution is -0.115. The molecule has 0 radical (unpaired) electrons. The van der Waals surface area contributed by atoms with E-state index in [-0.39, 0.29) is 0 Å². The van der Waals surface area contributed by atoms with Gasteiger partial charge >= 0.3 is 6.03 Å². The second kappa shape index (κ2) is 5.85. The van der Waals surface area contributed by atoms with E-state index in [0.29, 0.717) is 10.9 Å². The normalized spacial score (nSPS) is 25.6. The van der Waals surface area contributed by atoms with E-state index in [4.69, 9.17) is 12.2 Å². The van der Waals surface area contributed by atoms with Gasteiger partial charge in [0.15, 0.2) is 0 Å². The Morgan fingerprint density at radius 2 is 2.11 bits per heavy atom. The molecule has 0 aromatic carbocycles. The van der Waals surface area contributed by atoms with E-state index >= 15 is 0 Å². The molecule has 1 unspecified atom stereocenters. The maximum Gasteiger partial charge on any atom is 0.342 e. The van der Waals surface area contributed by atoms with E-state index < -0.39 is 16.4 Å². The predicted octanol–water partition coefficient (Wildman–Crippen LogP) is 2.65. The lowest BCUT2D eigenvalue weighted by Crippen LogP contribution is -2.61. The van der Waals surface area contributed by atoms with Crippen molar-refractivity contribution >= 4 is 34.3 Å². The number of amides is 2. The van der Waals surface area contributed by atoms with Gasteiger partial charge in [0, 0.05) is 13.6 Å². The van der Waals surface area contributed by atoms with Crippen molar-refractivity contribution in [2.75, 3.05) is 13.6 Å². The van der Waals surface area contributed by atoms with Crippen molar-refractivity contribution in [3.8, 4) is 0 Å². The van der Waals surface area contributed by atoms with Gasteiger partial charge in [-0.15, -0.1) is 0 Å². The molecule has 0 saturated carbocycles. The van der Waals surface area contributed by atoms with Gasteiger partial charge in [-0.3, -0.25) is 5.21 Å². The van der Waals surface area contributed by atoms with Gasteiger partial charge in [0.1, 0.15) is 9.19 Å². The summed E-state index contributed by atoms with van der Waals surface area (Å²) in [4.78, 5) is 13.1. The first-order chi connectivity index (χ1) is 8.68. The summed E-state index contributed by atoms with van der Waals surface area (Å²) in [5, 5.41) is 13.8. The molecule has 1 aliphatic heterocycles. The monoisotopic (exact) mass is 305 g/mol. The third kappa shape index (κ3) is 2.83. The van der Waals surface area contributed by atoms with E-state index in [1.54, 1.807) is 0 Å². The zero-order chi connectivity index (χ0) is 14.8. The Labute approximate surface area is 124 Å². The van der Waals surface area contributed by atoms with Gasteiger partial charge < -0.3 is 10.2 Å². The number of likely N-dealkylation sites (N-methyl/N-ethyl adjacent to an activating group) is 1. The number of urea groups is 1. The van der Waals surface area contributed by atoms with Crippen LogP contribution in [0.3, 0.4) is 0 Å². The quantitative estimate of drug-likeness (QED) is 0.362. The Balaban J connectivity index is 2.83. The largest absolute Gasteiger partial charge is 0.352 e. The molecule has 1 rings (SSSR count). The van der Waals surface area contributed by atoms with Crippen LogP contribution in [0.4, 0.5) is 4.79 Å². The summed E-state index contributed by atoms with van der Waals surface area (Å²) in [7, 11) is 1.88. The maximum atomic E-state index is 12.0. The second-order valence-corrected chi connectivity index (χ2v) is 7.40. The first kappa shape index (κ1) is 16.5. The summed E-state index contributed by atoms with van der Waals surface area (Å²) in [6, 6.07) is -0.477. The van der Waals surface area contributed by atoms with E-state index in [1.165, 1.54) is 11.8 Å². The molecule has 1 heterocycles. The highest BCUT2D eigenvalue weighted by Gasteiger charge is 2.57. The van der Waals surface area contributed by atoms with Crippen molar-refractivity contribution in [3.63, 3.8) is 0 Å². The molecule has 0 aromatic rings. The van der Waals surface area contributed by atoms with E-state index in [0.717, 1.165) is 17.9 Å². The van der Waals surface area contributed by atoms with Crippen molar-refractivity contribution in [2.24, 2.45) is 0 Å². The first-order valence-electron chi connectivity index (χ1n) is 6.42. The lowest BCUT2D eigenvalue weighted by Gasteiger charge is -2.43. The molecule has 7 heteroatoms. The van der Waals surface area contributed by atoms with Crippen LogP contribution in [0.2, 0.25) is 0 Å². The second-order valence-electron chi connectivity index (χ2n) is 5.37. The Hall–Kier alpha value is -0.530. The van der Waals surface area contributed by atoms with Crippen LogP contribution >= 0.6 is 24.0 Å². The Morgan fingerprint density at radius 1 is 1.53 bits per heavy atom. The number of hydrogen-bond acceptors (Lipinski definition) is 4. The number of rotatable bonds is 4. The van der Waals surface area contributed by atoms with Crippen molar-refractivity contribution in [2.45, 2.75) is 50.9 Å². The molecule has 0 aromatic heterocycles.